The second kappa shape index (κ2) is 4.89. The Kier molecular flexibility index (Phi) is 2.98. The maximum absolute atomic E-state index is 12.9. The van der Waals surface area contributed by atoms with Crippen molar-refractivity contribution in [2.75, 3.05) is 4.90 Å². The second-order valence-corrected chi connectivity index (χ2v) is 6.21. The van der Waals surface area contributed by atoms with Crippen LogP contribution in [-0.4, -0.2) is 16.9 Å². The molecule has 1 atom stereocenters. The van der Waals surface area contributed by atoms with Crippen molar-refractivity contribution in [2.45, 2.75) is 19.4 Å². The van der Waals surface area contributed by atoms with Crippen molar-refractivity contribution in [3.63, 3.8) is 0 Å². The molecule has 0 aliphatic carbocycles. The summed E-state index contributed by atoms with van der Waals surface area (Å²) in [5.74, 6) is 0.00442. The summed E-state index contributed by atoms with van der Waals surface area (Å²) >= 11 is 6.02. The van der Waals surface area contributed by atoms with Crippen LogP contribution >= 0.6 is 11.6 Å². The lowest BCUT2D eigenvalue weighted by Gasteiger charge is -2.22. The number of nitrogens with one attached hydrogen (secondary N) is 1. The molecule has 22 heavy (non-hydrogen) atoms. The van der Waals surface area contributed by atoms with Gasteiger partial charge in [0.25, 0.3) is 5.91 Å². The molecule has 1 aromatic heterocycles. The van der Waals surface area contributed by atoms with Gasteiger partial charge in [0.05, 0.1) is 0 Å². The normalized spacial score (nSPS) is 17.0. The molecule has 0 saturated heterocycles. The lowest BCUT2D eigenvalue weighted by Crippen LogP contribution is -2.35. The minimum atomic E-state index is 0.00442. The van der Waals surface area contributed by atoms with Crippen LogP contribution in [0.25, 0.3) is 10.9 Å². The van der Waals surface area contributed by atoms with Crippen molar-refractivity contribution in [3.05, 3.63) is 64.8 Å². The fraction of sp³-hybridized carbons (Fsp3) is 0.167. The van der Waals surface area contributed by atoms with Crippen molar-refractivity contribution in [3.8, 4) is 0 Å². The Bertz CT molecular complexity index is 884. The predicted molar refractivity (Wildman–Crippen MR) is 89.7 cm³/mol. The lowest BCUT2D eigenvalue weighted by atomic mass is 10.1. The molecular formula is C18H15ClN2O. The molecule has 110 valence electrons. The van der Waals surface area contributed by atoms with E-state index in [0.29, 0.717) is 10.7 Å². The number of aromatic nitrogens is 1. The molecule has 0 spiro atoms. The first kappa shape index (κ1) is 13.4. The molecular weight excluding hydrogens is 296 g/mol. The largest absolute Gasteiger partial charge is 0.351 e. The molecule has 4 heteroatoms. The minimum Gasteiger partial charge on any atom is -0.351 e. The van der Waals surface area contributed by atoms with Gasteiger partial charge in [0.1, 0.15) is 5.69 Å². The monoisotopic (exact) mass is 310 g/mol. The van der Waals surface area contributed by atoms with E-state index in [2.05, 4.69) is 18.0 Å². The van der Waals surface area contributed by atoms with Gasteiger partial charge in [-0.15, -0.1) is 0 Å². The average Bonchev–Trinajstić information content (AvgIpc) is 3.06. The highest BCUT2D eigenvalue weighted by Crippen LogP contribution is 2.33. The van der Waals surface area contributed by atoms with Gasteiger partial charge < -0.3 is 9.88 Å². The summed E-state index contributed by atoms with van der Waals surface area (Å²) in [7, 11) is 0. The highest BCUT2D eigenvalue weighted by atomic mass is 35.5. The zero-order valence-electron chi connectivity index (χ0n) is 12.1. The van der Waals surface area contributed by atoms with Gasteiger partial charge in [0.15, 0.2) is 0 Å². The Balaban J connectivity index is 1.77. The molecule has 3 nitrogen and oxygen atoms in total. The Hall–Kier alpha value is -2.26. The van der Waals surface area contributed by atoms with E-state index in [1.807, 2.05) is 47.4 Å². The smallest absolute Gasteiger partial charge is 0.274 e. The zero-order chi connectivity index (χ0) is 15.3. The molecule has 1 aliphatic heterocycles. The Morgan fingerprint density at radius 1 is 1.23 bits per heavy atom. The SMILES string of the molecule is CC1Cc2ccccc2N1C(=O)c1cc2cc(Cl)ccc2[nH]1. The number of carbonyl (C=O) groups excluding carboxylic acids is 1. The van der Waals surface area contributed by atoms with Crippen molar-refractivity contribution < 1.29 is 4.79 Å². The van der Waals surface area contributed by atoms with E-state index < -0.39 is 0 Å². The molecule has 1 aliphatic rings. The molecule has 1 N–H and O–H groups in total. The summed E-state index contributed by atoms with van der Waals surface area (Å²) in [5.41, 5.74) is 3.76. The summed E-state index contributed by atoms with van der Waals surface area (Å²) in [6, 6.07) is 15.7. The number of benzene rings is 2. The number of hydrogen-bond donors (Lipinski definition) is 1. The van der Waals surface area contributed by atoms with E-state index in [1.54, 1.807) is 0 Å². The third kappa shape index (κ3) is 2.01. The number of para-hydroxylation sites is 1. The van der Waals surface area contributed by atoms with Gasteiger partial charge in [-0.1, -0.05) is 29.8 Å². The van der Waals surface area contributed by atoms with Gasteiger partial charge in [-0.3, -0.25) is 4.79 Å². The summed E-state index contributed by atoms with van der Waals surface area (Å²) in [6.45, 7) is 2.08. The summed E-state index contributed by atoms with van der Waals surface area (Å²) in [5, 5.41) is 1.63. The molecule has 2 aromatic carbocycles. The van der Waals surface area contributed by atoms with Crippen LogP contribution in [0.4, 0.5) is 5.69 Å². The Labute approximate surface area is 133 Å². The van der Waals surface area contributed by atoms with Crippen LogP contribution in [0.1, 0.15) is 23.0 Å². The van der Waals surface area contributed by atoms with Crippen LogP contribution in [0.2, 0.25) is 5.02 Å². The van der Waals surface area contributed by atoms with Gasteiger partial charge in [0, 0.05) is 27.7 Å². The van der Waals surface area contributed by atoms with Gasteiger partial charge in [-0.25, -0.2) is 0 Å². The third-order valence-corrected chi connectivity index (χ3v) is 4.47. The molecule has 3 aromatic rings. The first-order chi connectivity index (χ1) is 10.6. The molecule has 1 amide bonds. The zero-order valence-corrected chi connectivity index (χ0v) is 12.9. The number of H-pyrrole nitrogens is 1. The Morgan fingerprint density at radius 2 is 2.05 bits per heavy atom. The first-order valence-electron chi connectivity index (χ1n) is 7.33. The van der Waals surface area contributed by atoms with Gasteiger partial charge in [-0.2, -0.15) is 0 Å². The first-order valence-corrected chi connectivity index (χ1v) is 7.71. The maximum atomic E-state index is 12.9. The second-order valence-electron chi connectivity index (χ2n) is 5.77. The van der Waals surface area contributed by atoms with Crippen LogP contribution < -0.4 is 4.90 Å². The predicted octanol–water partition coefficient (Wildman–Crippen LogP) is 4.41. The maximum Gasteiger partial charge on any atom is 0.274 e. The molecule has 1 unspecified atom stereocenters. The molecule has 2 heterocycles. The Morgan fingerprint density at radius 3 is 2.91 bits per heavy atom. The minimum absolute atomic E-state index is 0.00442. The molecule has 0 radical (unpaired) electrons. The number of rotatable bonds is 1. The average molecular weight is 311 g/mol. The van der Waals surface area contributed by atoms with Crippen molar-refractivity contribution in [2.24, 2.45) is 0 Å². The van der Waals surface area contributed by atoms with E-state index in [9.17, 15) is 4.79 Å². The van der Waals surface area contributed by atoms with Gasteiger partial charge in [0.2, 0.25) is 0 Å². The third-order valence-electron chi connectivity index (χ3n) is 4.24. The number of anilines is 1. The van der Waals surface area contributed by atoms with Crippen LogP contribution in [-0.2, 0) is 6.42 Å². The van der Waals surface area contributed by atoms with E-state index >= 15 is 0 Å². The van der Waals surface area contributed by atoms with Crippen LogP contribution in [0.3, 0.4) is 0 Å². The van der Waals surface area contributed by atoms with Crippen LogP contribution in [0, 0.1) is 0 Å². The van der Waals surface area contributed by atoms with Gasteiger partial charge >= 0.3 is 0 Å². The molecule has 4 rings (SSSR count). The summed E-state index contributed by atoms with van der Waals surface area (Å²) in [6.07, 6.45) is 0.897. The topological polar surface area (TPSA) is 36.1 Å². The standard InChI is InChI=1S/C18H15ClN2O/c1-11-8-12-4-2-3-5-17(12)21(11)18(22)16-10-13-9-14(19)6-7-15(13)20-16/h2-7,9-11,20H,8H2,1H3. The number of hydrogen-bond acceptors (Lipinski definition) is 1. The number of aromatic amines is 1. The highest BCUT2D eigenvalue weighted by molar-refractivity contribution is 6.31. The van der Waals surface area contributed by atoms with Crippen molar-refractivity contribution in [1.82, 2.24) is 4.98 Å². The fourth-order valence-electron chi connectivity index (χ4n) is 3.22. The molecule has 0 fully saturated rings. The number of carbonyl (C=O) groups is 1. The van der Waals surface area contributed by atoms with E-state index in [1.165, 1.54) is 5.56 Å². The summed E-state index contributed by atoms with van der Waals surface area (Å²) < 4.78 is 0. The van der Waals surface area contributed by atoms with E-state index in [-0.39, 0.29) is 11.9 Å². The quantitative estimate of drug-likeness (QED) is 0.710. The van der Waals surface area contributed by atoms with Crippen LogP contribution in [0.15, 0.2) is 48.5 Å². The summed E-state index contributed by atoms with van der Waals surface area (Å²) in [4.78, 5) is 18.0. The van der Waals surface area contributed by atoms with Crippen LogP contribution in [0.5, 0.6) is 0 Å². The van der Waals surface area contributed by atoms with Crippen molar-refractivity contribution in [1.29, 1.82) is 0 Å². The highest BCUT2D eigenvalue weighted by Gasteiger charge is 2.31. The number of amides is 1. The van der Waals surface area contributed by atoms with E-state index in [4.69, 9.17) is 11.6 Å². The molecule has 0 bridgehead atoms. The lowest BCUT2D eigenvalue weighted by molar-refractivity contribution is 0.0977. The molecule has 0 saturated carbocycles. The van der Waals surface area contributed by atoms with Gasteiger partial charge in [-0.05, 0) is 49.2 Å². The number of halogens is 1. The number of nitrogens with zero attached hydrogens (tertiary/aromatic N) is 1. The number of fused-ring (bicyclic) bond motifs is 2. The fourth-order valence-corrected chi connectivity index (χ4v) is 3.40. The van der Waals surface area contributed by atoms with E-state index in [0.717, 1.165) is 23.0 Å². The van der Waals surface area contributed by atoms with Crippen molar-refractivity contribution >= 4 is 34.1 Å².